The molecular weight excluding hydrogens is 562 g/mol. The number of anilines is 1. The maximum absolute atomic E-state index is 13.9. The van der Waals surface area contributed by atoms with Gasteiger partial charge in [0, 0.05) is 50.4 Å². The van der Waals surface area contributed by atoms with E-state index in [2.05, 4.69) is 45.1 Å². The molecule has 0 aliphatic carbocycles. The molecule has 43 heavy (non-hydrogen) atoms. The second kappa shape index (κ2) is 12.4. The monoisotopic (exact) mass is 605 g/mol. The smallest absolute Gasteiger partial charge is 0.243 e. The first-order valence-electron chi connectivity index (χ1n) is 15.4. The van der Waals surface area contributed by atoms with Crippen molar-refractivity contribution in [3.05, 3.63) is 71.4 Å². The zero-order chi connectivity index (χ0) is 30.0. The van der Waals surface area contributed by atoms with Crippen LogP contribution in [0.15, 0.2) is 59.6 Å². The summed E-state index contributed by atoms with van der Waals surface area (Å²) in [6.07, 6.45) is 6.61. The van der Waals surface area contributed by atoms with E-state index in [1.165, 1.54) is 12.0 Å². The Balaban J connectivity index is 1.10. The second-order valence-corrected chi connectivity index (χ2v) is 14.3. The Morgan fingerprint density at radius 2 is 1.74 bits per heavy atom. The van der Waals surface area contributed by atoms with E-state index in [-0.39, 0.29) is 18.1 Å². The molecule has 0 radical (unpaired) electrons. The molecule has 0 bridgehead atoms. The molecule has 0 saturated carbocycles. The van der Waals surface area contributed by atoms with Crippen LogP contribution in [-0.4, -0.2) is 80.1 Å². The Kier molecular flexibility index (Phi) is 8.62. The molecule has 3 aliphatic rings. The highest BCUT2D eigenvalue weighted by atomic mass is 32.2. The molecule has 3 fully saturated rings. The van der Waals surface area contributed by atoms with Crippen molar-refractivity contribution >= 4 is 16.0 Å². The summed E-state index contributed by atoms with van der Waals surface area (Å²) in [4.78, 5) is 14.6. The summed E-state index contributed by atoms with van der Waals surface area (Å²) in [6, 6.07) is 15.8. The molecule has 9 nitrogen and oxygen atoms in total. The predicted octanol–water partition coefficient (Wildman–Crippen LogP) is 4.83. The van der Waals surface area contributed by atoms with Crippen molar-refractivity contribution in [2.24, 2.45) is 5.41 Å². The SMILES string of the molecule is COc1cc(C)c(S(=O)(=O)N2CCCCC2COc2ccnc(N3CCC4(CCN(Cc5ccccc5)C4)C3)n2)c(C)c1. The van der Waals surface area contributed by atoms with Gasteiger partial charge in [0.05, 0.1) is 18.0 Å². The third-order valence-corrected chi connectivity index (χ3v) is 11.6. The fourth-order valence-corrected chi connectivity index (χ4v) is 9.29. The lowest BCUT2D eigenvalue weighted by Gasteiger charge is -2.35. The van der Waals surface area contributed by atoms with Gasteiger partial charge < -0.3 is 14.4 Å². The average Bonchev–Trinajstić information content (AvgIpc) is 3.61. The number of ether oxygens (including phenoxy) is 2. The number of piperidine rings is 1. The first-order valence-corrected chi connectivity index (χ1v) is 16.8. The predicted molar refractivity (Wildman–Crippen MR) is 167 cm³/mol. The van der Waals surface area contributed by atoms with Crippen molar-refractivity contribution < 1.29 is 17.9 Å². The second-order valence-electron chi connectivity index (χ2n) is 12.5. The molecule has 3 aliphatic heterocycles. The fourth-order valence-electron chi connectivity index (χ4n) is 7.20. The van der Waals surface area contributed by atoms with Gasteiger partial charge >= 0.3 is 0 Å². The molecule has 0 N–H and O–H groups in total. The molecule has 1 aromatic heterocycles. The number of aryl methyl sites for hydroxylation is 2. The van der Waals surface area contributed by atoms with E-state index in [0.29, 0.717) is 40.1 Å². The lowest BCUT2D eigenvalue weighted by atomic mass is 9.86. The van der Waals surface area contributed by atoms with Crippen molar-refractivity contribution in [3.8, 4) is 11.6 Å². The van der Waals surface area contributed by atoms with Crippen LogP contribution in [0.2, 0.25) is 0 Å². The molecule has 2 unspecified atom stereocenters. The van der Waals surface area contributed by atoms with Crippen LogP contribution in [-0.2, 0) is 16.6 Å². The van der Waals surface area contributed by atoms with E-state index in [4.69, 9.17) is 14.5 Å². The summed E-state index contributed by atoms with van der Waals surface area (Å²) < 4.78 is 41.0. The number of aromatic nitrogens is 2. The number of likely N-dealkylation sites (tertiary alicyclic amines) is 1. The first-order chi connectivity index (χ1) is 20.8. The van der Waals surface area contributed by atoms with Crippen molar-refractivity contribution in [1.82, 2.24) is 19.2 Å². The molecule has 2 aromatic carbocycles. The van der Waals surface area contributed by atoms with Crippen LogP contribution in [0, 0.1) is 19.3 Å². The minimum absolute atomic E-state index is 0.252. The summed E-state index contributed by atoms with van der Waals surface area (Å²) in [7, 11) is -2.11. The van der Waals surface area contributed by atoms with Gasteiger partial charge in [-0.2, -0.15) is 9.29 Å². The van der Waals surface area contributed by atoms with Crippen LogP contribution in [0.5, 0.6) is 11.6 Å². The van der Waals surface area contributed by atoms with E-state index in [9.17, 15) is 8.42 Å². The van der Waals surface area contributed by atoms with Crippen molar-refractivity contribution in [3.63, 3.8) is 0 Å². The van der Waals surface area contributed by atoms with Gasteiger partial charge in [-0.15, -0.1) is 0 Å². The lowest BCUT2D eigenvalue weighted by molar-refractivity contribution is 0.165. The summed E-state index contributed by atoms with van der Waals surface area (Å²) in [5.74, 6) is 1.84. The van der Waals surface area contributed by atoms with Crippen LogP contribution in [0.25, 0.3) is 0 Å². The van der Waals surface area contributed by atoms with E-state index in [0.717, 1.165) is 58.4 Å². The molecule has 3 aromatic rings. The molecule has 230 valence electrons. The Hall–Kier alpha value is -3.21. The Bertz CT molecular complexity index is 1510. The molecular formula is C33H43N5O4S. The van der Waals surface area contributed by atoms with Gasteiger partial charge in [0.2, 0.25) is 21.9 Å². The van der Waals surface area contributed by atoms with Gasteiger partial charge in [-0.05, 0) is 74.9 Å². The van der Waals surface area contributed by atoms with Gasteiger partial charge in [-0.25, -0.2) is 13.4 Å². The highest BCUT2D eigenvalue weighted by Gasteiger charge is 2.44. The topological polar surface area (TPSA) is 88.1 Å². The van der Waals surface area contributed by atoms with Gasteiger partial charge in [0.1, 0.15) is 12.4 Å². The number of rotatable bonds is 9. The molecule has 3 saturated heterocycles. The third kappa shape index (κ3) is 6.37. The zero-order valence-corrected chi connectivity index (χ0v) is 26.4. The summed E-state index contributed by atoms with van der Waals surface area (Å²) in [6.45, 7) is 9.46. The zero-order valence-electron chi connectivity index (χ0n) is 25.5. The number of sulfonamides is 1. The summed E-state index contributed by atoms with van der Waals surface area (Å²) in [5, 5.41) is 0. The minimum atomic E-state index is -3.71. The van der Waals surface area contributed by atoms with Crippen LogP contribution < -0.4 is 14.4 Å². The standard InChI is InChI=1S/C33H43N5O4S/c1-25-19-29(41-3)20-26(2)31(25)43(39,40)38-16-8-7-11-28(38)22-42-30-12-15-34-32(35-30)37-18-14-33(24-37)13-17-36(23-33)21-27-9-5-4-6-10-27/h4-6,9-10,12,15,19-20,28H,7-8,11,13-14,16-18,21-24H2,1-3H3. The van der Waals surface area contributed by atoms with E-state index < -0.39 is 10.0 Å². The molecule has 10 heteroatoms. The van der Waals surface area contributed by atoms with Crippen LogP contribution in [0.4, 0.5) is 5.95 Å². The number of hydrogen-bond acceptors (Lipinski definition) is 8. The van der Waals surface area contributed by atoms with Crippen LogP contribution in [0.1, 0.15) is 48.8 Å². The average molecular weight is 606 g/mol. The van der Waals surface area contributed by atoms with Crippen molar-refractivity contribution in [2.45, 2.75) is 63.4 Å². The van der Waals surface area contributed by atoms with E-state index >= 15 is 0 Å². The maximum Gasteiger partial charge on any atom is 0.243 e. The minimum Gasteiger partial charge on any atom is -0.497 e. The van der Waals surface area contributed by atoms with Crippen LogP contribution in [0.3, 0.4) is 0 Å². The number of methoxy groups -OCH3 is 1. The van der Waals surface area contributed by atoms with E-state index in [1.807, 2.05) is 13.8 Å². The molecule has 2 atom stereocenters. The van der Waals surface area contributed by atoms with Crippen molar-refractivity contribution in [2.75, 3.05) is 51.3 Å². The molecule has 0 amide bonds. The van der Waals surface area contributed by atoms with Gasteiger partial charge in [-0.3, -0.25) is 4.90 Å². The van der Waals surface area contributed by atoms with Gasteiger partial charge in [0.15, 0.2) is 0 Å². The highest BCUT2D eigenvalue weighted by Crippen LogP contribution is 2.41. The Labute approximate surface area is 255 Å². The summed E-state index contributed by atoms with van der Waals surface area (Å²) >= 11 is 0. The molecule has 1 spiro atoms. The number of hydrogen-bond donors (Lipinski definition) is 0. The Morgan fingerprint density at radius 1 is 0.977 bits per heavy atom. The largest absolute Gasteiger partial charge is 0.497 e. The molecule has 4 heterocycles. The number of benzene rings is 2. The van der Waals surface area contributed by atoms with E-state index in [1.54, 1.807) is 35.8 Å². The van der Waals surface area contributed by atoms with Crippen molar-refractivity contribution in [1.29, 1.82) is 0 Å². The quantitative estimate of drug-likeness (QED) is 0.343. The normalized spacial score (nSPS) is 23.2. The maximum atomic E-state index is 13.9. The van der Waals surface area contributed by atoms with Crippen LogP contribution >= 0.6 is 0 Å². The fraction of sp³-hybridized carbons (Fsp3) is 0.515. The van der Waals surface area contributed by atoms with Gasteiger partial charge in [0.25, 0.3) is 0 Å². The Morgan fingerprint density at radius 3 is 2.51 bits per heavy atom. The highest BCUT2D eigenvalue weighted by molar-refractivity contribution is 7.89. The number of nitrogens with zero attached hydrogens (tertiary/aromatic N) is 5. The molecule has 6 rings (SSSR count). The third-order valence-electron chi connectivity index (χ3n) is 9.34. The first kappa shape index (κ1) is 29.8. The summed E-state index contributed by atoms with van der Waals surface area (Å²) in [5.41, 5.74) is 3.01. The lowest BCUT2D eigenvalue weighted by Crippen LogP contribution is -2.47. The van der Waals surface area contributed by atoms with Gasteiger partial charge in [-0.1, -0.05) is 36.8 Å².